The van der Waals surface area contributed by atoms with E-state index in [1.165, 1.54) is 33.5 Å². The van der Waals surface area contributed by atoms with E-state index in [9.17, 15) is 28.7 Å². The molecule has 0 unspecified atom stereocenters. The Hall–Kier alpha value is 1.28. The normalized spacial score (nSPS) is 10.6. The minimum atomic E-state index is -5.56. The van der Waals surface area contributed by atoms with Crippen molar-refractivity contribution in [2.45, 2.75) is 0 Å². The van der Waals surface area contributed by atoms with E-state index >= 15 is 0 Å². The van der Waals surface area contributed by atoms with Gasteiger partial charge in [-0.15, -0.1) is 0 Å². The minimum Gasteiger partial charge on any atom is -1.00 e. The molecule has 0 heterocycles. The average molecular weight is 582 g/mol. The van der Waals surface area contributed by atoms with Gasteiger partial charge in [0.15, 0.2) is 23.0 Å². The number of ether oxygens (including phenoxy) is 4. The van der Waals surface area contributed by atoms with Gasteiger partial charge in [0.25, 0.3) is 0 Å². The number of hydrogen-bond donors (Lipinski definition) is 0. The monoisotopic (exact) mass is 582 g/mol. The minimum absolute atomic E-state index is 0. The van der Waals surface area contributed by atoms with Crippen molar-refractivity contribution in [1.82, 2.24) is 0 Å². The first-order valence-electron chi connectivity index (χ1n) is 8.54. The first-order chi connectivity index (χ1) is 14.9. The molecule has 2 aromatic carbocycles. The van der Waals surface area contributed by atoms with E-state index in [0.29, 0.717) is 22.8 Å². The summed E-state index contributed by atoms with van der Waals surface area (Å²) >= 11 is 0. The summed E-state index contributed by atoms with van der Waals surface area (Å²) in [5, 5.41) is 0. The second-order valence-electron chi connectivity index (χ2n) is 5.92. The molecular formula is C18H20Na4O12P2-2. The number of phosphoric ester groups is 2. The first-order valence-corrected chi connectivity index (χ1v) is 11.5. The molecule has 0 saturated carbocycles. The molecule has 2 aromatic rings. The van der Waals surface area contributed by atoms with Crippen LogP contribution in [0.2, 0.25) is 0 Å². The van der Waals surface area contributed by atoms with Crippen LogP contribution in [0.5, 0.6) is 34.5 Å². The molecule has 0 aliphatic heterocycles. The van der Waals surface area contributed by atoms with Gasteiger partial charge in [-0.2, -0.15) is 0 Å². The van der Waals surface area contributed by atoms with E-state index in [-0.39, 0.29) is 127 Å². The third kappa shape index (κ3) is 13.1. The van der Waals surface area contributed by atoms with E-state index in [2.05, 4.69) is 9.05 Å². The van der Waals surface area contributed by atoms with Gasteiger partial charge in [0.1, 0.15) is 15.6 Å². The maximum Gasteiger partial charge on any atom is 1.00 e. The molecule has 12 nitrogen and oxygen atoms in total. The molecule has 0 aliphatic rings. The van der Waals surface area contributed by atoms with Crippen LogP contribution in [-0.4, -0.2) is 28.4 Å². The van der Waals surface area contributed by atoms with Crippen molar-refractivity contribution in [2.75, 3.05) is 28.4 Å². The smallest absolute Gasteiger partial charge is 1.00 e. The number of phosphoric acid groups is 2. The molecule has 0 saturated heterocycles. The number of benzene rings is 2. The van der Waals surface area contributed by atoms with Gasteiger partial charge in [0.05, 0.1) is 28.4 Å². The van der Waals surface area contributed by atoms with Gasteiger partial charge in [0, 0.05) is 0 Å². The van der Waals surface area contributed by atoms with Crippen molar-refractivity contribution in [3.05, 3.63) is 35.4 Å². The van der Waals surface area contributed by atoms with E-state index in [1.54, 1.807) is 12.1 Å². The zero-order valence-electron chi connectivity index (χ0n) is 23.3. The quantitative estimate of drug-likeness (QED) is 0.147. The molecule has 0 bridgehead atoms. The molecule has 0 aliphatic carbocycles. The van der Waals surface area contributed by atoms with Crippen molar-refractivity contribution >= 4 is 27.8 Å². The molecule has 0 fully saturated rings. The van der Waals surface area contributed by atoms with Crippen LogP contribution < -0.4 is 166 Å². The van der Waals surface area contributed by atoms with Gasteiger partial charge in [-0.05, 0) is 35.4 Å². The molecule has 36 heavy (non-hydrogen) atoms. The van der Waals surface area contributed by atoms with Crippen molar-refractivity contribution in [3.63, 3.8) is 0 Å². The molecule has 2 rings (SSSR count). The Morgan fingerprint density at radius 3 is 1.11 bits per heavy atom. The summed E-state index contributed by atoms with van der Waals surface area (Å²) in [6.07, 6.45) is 2.91. The summed E-state index contributed by atoms with van der Waals surface area (Å²) in [7, 11) is -5.80. The van der Waals surface area contributed by atoms with E-state index in [0.717, 1.165) is 19.2 Å². The largest absolute Gasteiger partial charge is 1.00 e. The SMILES string of the molecule is COc1cc(/C=C\c2cc(OP(=O)([O-])[O-])c(OC)c(OP(=O)([O-])[O-])c2)cc(OC)c1OC.[H-].[H-].[Na+].[Na+].[Na+].[Na+]. The van der Waals surface area contributed by atoms with Crippen LogP contribution >= 0.6 is 15.6 Å². The summed E-state index contributed by atoms with van der Waals surface area (Å²) in [5.74, 6) is -0.856. The van der Waals surface area contributed by atoms with Crippen molar-refractivity contribution in [1.29, 1.82) is 0 Å². The summed E-state index contributed by atoms with van der Waals surface area (Å²) < 4.78 is 51.4. The van der Waals surface area contributed by atoms with Crippen LogP contribution in [0.25, 0.3) is 12.2 Å². The molecule has 180 valence electrons. The van der Waals surface area contributed by atoms with Gasteiger partial charge in [-0.3, -0.25) is 0 Å². The second kappa shape index (κ2) is 18.6. The third-order valence-electron chi connectivity index (χ3n) is 3.82. The predicted octanol–water partition coefficient (Wildman–Crippen LogP) is -11.5. The number of hydrogen-bond acceptors (Lipinski definition) is 12. The third-order valence-corrected chi connectivity index (χ3v) is 4.66. The Morgan fingerprint density at radius 1 is 0.583 bits per heavy atom. The molecule has 0 N–H and O–H groups in total. The van der Waals surface area contributed by atoms with Crippen LogP contribution in [-0.2, 0) is 9.13 Å². The van der Waals surface area contributed by atoms with E-state index in [4.69, 9.17) is 18.9 Å². The standard InChI is InChI=1S/C18H22O12P2.4Na.2H/c1-25-13-7-11(8-14(26-2)17(13)27-3)5-6-12-9-15(29-31(19,20)21)18(28-4)16(10-12)30-32(22,23)24;;;;;;/h5-10H,1-4H3,(H2,19,20,21)(H2,22,23,24);;;;;;/q;4*+1;2*-1/p-4/b6-5-;;;;;;. The zero-order chi connectivity index (χ0) is 24.1. The Labute approximate surface area is 300 Å². The van der Waals surface area contributed by atoms with Gasteiger partial charge in [-0.25, -0.2) is 0 Å². The summed E-state index contributed by atoms with van der Waals surface area (Å²) in [5.41, 5.74) is 0.642. The topological polar surface area (TPSA) is 182 Å². The van der Waals surface area contributed by atoms with Crippen molar-refractivity contribution in [3.8, 4) is 34.5 Å². The fraction of sp³-hybridized carbons (Fsp3) is 0.222. The van der Waals surface area contributed by atoms with E-state index in [1.807, 2.05) is 0 Å². The molecule has 0 spiro atoms. The second-order valence-corrected chi connectivity index (χ2v) is 8.07. The summed E-state index contributed by atoms with van der Waals surface area (Å²) in [6.45, 7) is 0. The maximum atomic E-state index is 11.1. The van der Waals surface area contributed by atoms with Gasteiger partial charge in [0.2, 0.25) is 11.5 Å². The van der Waals surface area contributed by atoms with Crippen LogP contribution in [0.4, 0.5) is 0 Å². The van der Waals surface area contributed by atoms with Crippen molar-refractivity contribution in [2.24, 2.45) is 0 Å². The van der Waals surface area contributed by atoms with Crippen LogP contribution in [0.1, 0.15) is 14.0 Å². The van der Waals surface area contributed by atoms with Crippen LogP contribution in [0.15, 0.2) is 24.3 Å². The predicted molar refractivity (Wildman–Crippen MR) is 107 cm³/mol. The molecule has 0 atom stereocenters. The van der Waals surface area contributed by atoms with Gasteiger partial charge >= 0.3 is 118 Å². The molecular weight excluding hydrogens is 562 g/mol. The maximum absolute atomic E-state index is 11.1. The zero-order valence-corrected chi connectivity index (χ0v) is 31.0. The Bertz CT molecular complexity index is 1040. The Kier molecular flexibility index (Phi) is 21.6. The fourth-order valence-corrected chi connectivity index (χ4v) is 3.41. The average Bonchev–Trinajstić information content (AvgIpc) is 2.68. The van der Waals surface area contributed by atoms with Gasteiger partial charge in [-0.1, -0.05) is 12.2 Å². The summed E-state index contributed by atoms with van der Waals surface area (Å²) in [4.78, 5) is 44.3. The molecule has 18 heteroatoms. The number of rotatable bonds is 10. The van der Waals surface area contributed by atoms with Crippen LogP contribution in [0, 0.1) is 0 Å². The Morgan fingerprint density at radius 2 is 0.861 bits per heavy atom. The first kappa shape index (κ1) is 41.8. The molecule has 0 amide bonds. The number of methoxy groups -OCH3 is 4. The molecule has 0 radical (unpaired) electrons. The summed E-state index contributed by atoms with van der Waals surface area (Å²) in [6, 6.07) is 5.35. The van der Waals surface area contributed by atoms with Crippen LogP contribution in [0.3, 0.4) is 0 Å². The van der Waals surface area contributed by atoms with E-state index < -0.39 is 32.9 Å². The Balaban J connectivity index is -0.000000605. The fourth-order valence-electron chi connectivity index (χ4n) is 2.66. The van der Waals surface area contributed by atoms with Gasteiger partial charge < -0.3 is 59.6 Å². The molecule has 0 aromatic heterocycles. The van der Waals surface area contributed by atoms with Crippen molar-refractivity contribution < 1.29 is 178 Å².